The van der Waals surface area contributed by atoms with E-state index >= 15 is 0 Å². The fourth-order valence-corrected chi connectivity index (χ4v) is 0.878. The van der Waals surface area contributed by atoms with E-state index in [4.69, 9.17) is 5.11 Å². The minimum Gasteiger partial charge on any atom is -0.472 e. The predicted octanol–water partition coefficient (Wildman–Crippen LogP) is 1.07. The first-order valence-corrected chi connectivity index (χ1v) is 3.62. The minimum absolute atomic E-state index is 0.125. The molecule has 0 heterocycles. The maximum absolute atomic E-state index is 12.8. The van der Waals surface area contributed by atoms with Crippen molar-refractivity contribution in [1.82, 2.24) is 0 Å². The van der Waals surface area contributed by atoms with E-state index in [9.17, 15) is 14.0 Å². The van der Waals surface area contributed by atoms with E-state index in [0.717, 1.165) is 12.1 Å². The number of carbonyl (C=O) groups excluding carboxylic acids is 1. The molecule has 3 nitrogen and oxygen atoms in total. The summed E-state index contributed by atoms with van der Waals surface area (Å²) in [5.41, 5.74) is 0.286. The molecule has 0 aliphatic heterocycles. The van der Waals surface area contributed by atoms with Crippen LogP contribution in [0.2, 0.25) is 0 Å². The molecule has 0 aliphatic carbocycles. The Morgan fingerprint density at radius 2 is 2.14 bits per heavy atom. The van der Waals surface area contributed by atoms with Crippen molar-refractivity contribution < 1.29 is 19.1 Å². The molecule has 14 heavy (non-hydrogen) atoms. The second kappa shape index (κ2) is 4.19. The Kier molecular flexibility index (Phi) is 2.97. The Hall–Kier alpha value is -2.15. The van der Waals surface area contributed by atoms with Gasteiger partial charge in [0.05, 0.1) is 0 Å². The largest absolute Gasteiger partial charge is 0.472 e. The van der Waals surface area contributed by atoms with Crippen molar-refractivity contribution in [3.05, 3.63) is 35.1 Å². The highest BCUT2D eigenvalue weighted by atomic mass is 19.1. The van der Waals surface area contributed by atoms with Crippen molar-refractivity contribution in [3.63, 3.8) is 0 Å². The fourth-order valence-electron chi connectivity index (χ4n) is 0.878. The summed E-state index contributed by atoms with van der Waals surface area (Å²) >= 11 is 0. The van der Waals surface area contributed by atoms with Gasteiger partial charge in [-0.15, -0.1) is 0 Å². The highest BCUT2D eigenvalue weighted by molar-refractivity contribution is 5.87. The van der Waals surface area contributed by atoms with Gasteiger partial charge in [0.1, 0.15) is 12.1 Å². The Bertz CT molecular complexity index is 440. The molecule has 0 aromatic heterocycles. The lowest BCUT2D eigenvalue weighted by Crippen LogP contribution is -1.89. The lowest BCUT2D eigenvalue weighted by molar-refractivity contribution is -0.130. The Balaban J connectivity index is 3.11. The number of carbonyl (C=O) groups is 2. The highest BCUT2D eigenvalue weighted by Crippen LogP contribution is 2.06. The summed E-state index contributed by atoms with van der Waals surface area (Å²) in [6.45, 7) is 0. The SMILES string of the molecule is O=Cc1cc(F)cc(C#CC(=O)O)c1. The van der Waals surface area contributed by atoms with Gasteiger partial charge in [0.25, 0.3) is 0 Å². The van der Waals surface area contributed by atoms with Gasteiger partial charge in [-0.05, 0) is 18.2 Å². The predicted molar refractivity (Wildman–Crippen MR) is 46.3 cm³/mol. The summed E-state index contributed by atoms with van der Waals surface area (Å²) in [6, 6.07) is 3.41. The first-order chi connectivity index (χ1) is 6.61. The molecule has 4 heteroatoms. The third-order valence-corrected chi connectivity index (χ3v) is 1.37. The van der Waals surface area contributed by atoms with E-state index in [1.807, 2.05) is 5.92 Å². The van der Waals surface area contributed by atoms with E-state index in [1.54, 1.807) is 0 Å². The number of aldehydes is 1. The van der Waals surface area contributed by atoms with Crippen molar-refractivity contribution in [3.8, 4) is 11.8 Å². The van der Waals surface area contributed by atoms with Crippen molar-refractivity contribution in [2.75, 3.05) is 0 Å². The van der Waals surface area contributed by atoms with Gasteiger partial charge in [0, 0.05) is 17.0 Å². The van der Waals surface area contributed by atoms with Crippen molar-refractivity contribution in [2.24, 2.45) is 0 Å². The number of hydrogen-bond donors (Lipinski definition) is 1. The molecule has 0 radical (unpaired) electrons. The quantitative estimate of drug-likeness (QED) is 0.535. The zero-order valence-electron chi connectivity index (χ0n) is 6.95. The number of rotatable bonds is 1. The molecular formula is C10H5FO3. The van der Waals surface area contributed by atoms with Crippen LogP contribution in [-0.4, -0.2) is 17.4 Å². The standard InChI is InChI=1S/C10H5FO3/c11-9-4-7(1-2-10(13)14)3-8(5-9)6-12/h3-6H,(H,13,14). The maximum Gasteiger partial charge on any atom is 0.382 e. The van der Waals surface area contributed by atoms with Crippen LogP contribution in [-0.2, 0) is 4.79 Å². The van der Waals surface area contributed by atoms with E-state index in [0.29, 0.717) is 6.29 Å². The lowest BCUT2D eigenvalue weighted by Gasteiger charge is -1.93. The Morgan fingerprint density at radius 1 is 1.43 bits per heavy atom. The molecule has 0 amide bonds. The number of benzene rings is 1. The van der Waals surface area contributed by atoms with Gasteiger partial charge in [0.15, 0.2) is 0 Å². The summed E-state index contributed by atoms with van der Waals surface area (Å²) in [5, 5.41) is 8.23. The van der Waals surface area contributed by atoms with E-state index in [-0.39, 0.29) is 11.1 Å². The maximum atomic E-state index is 12.8. The molecule has 0 aliphatic rings. The molecule has 1 aromatic carbocycles. The first-order valence-electron chi connectivity index (χ1n) is 3.62. The molecular weight excluding hydrogens is 187 g/mol. The second-order valence-corrected chi connectivity index (χ2v) is 2.45. The van der Waals surface area contributed by atoms with Gasteiger partial charge in [-0.1, -0.05) is 5.92 Å². The first kappa shape index (κ1) is 9.93. The number of halogens is 1. The van der Waals surface area contributed by atoms with Crippen LogP contribution in [0.15, 0.2) is 18.2 Å². The number of carboxylic acids is 1. The molecule has 0 saturated carbocycles. The number of hydrogen-bond acceptors (Lipinski definition) is 2. The molecule has 1 aromatic rings. The molecule has 0 unspecified atom stereocenters. The topological polar surface area (TPSA) is 54.4 Å². The minimum atomic E-state index is -1.30. The molecule has 0 fully saturated rings. The van der Waals surface area contributed by atoms with E-state index < -0.39 is 11.8 Å². The Morgan fingerprint density at radius 3 is 2.71 bits per heavy atom. The van der Waals surface area contributed by atoms with E-state index in [1.165, 1.54) is 6.07 Å². The molecule has 70 valence electrons. The monoisotopic (exact) mass is 192 g/mol. The number of aliphatic carboxylic acids is 1. The third-order valence-electron chi connectivity index (χ3n) is 1.37. The highest BCUT2D eigenvalue weighted by Gasteiger charge is 1.97. The molecule has 1 N–H and O–H groups in total. The van der Waals surface area contributed by atoms with Gasteiger partial charge in [-0.25, -0.2) is 9.18 Å². The zero-order valence-corrected chi connectivity index (χ0v) is 6.95. The summed E-state index contributed by atoms with van der Waals surface area (Å²) in [4.78, 5) is 20.4. The van der Waals surface area contributed by atoms with Gasteiger partial charge < -0.3 is 5.11 Å². The average Bonchev–Trinajstić information content (AvgIpc) is 2.14. The third kappa shape index (κ3) is 2.72. The van der Waals surface area contributed by atoms with Crippen LogP contribution >= 0.6 is 0 Å². The van der Waals surface area contributed by atoms with Crippen LogP contribution < -0.4 is 0 Å². The summed E-state index contributed by atoms with van der Waals surface area (Å²) in [6.07, 6.45) is 0.467. The van der Waals surface area contributed by atoms with Gasteiger partial charge in [-0.2, -0.15) is 0 Å². The zero-order chi connectivity index (χ0) is 10.6. The van der Waals surface area contributed by atoms with Crippen LogP contribution in [0.1, 0.15) is 15.9 Å². The lowest BCUT2D eigenvalue weighted by atomic mass is 10.1. The van der Waals surface area contributed by atoms with Crippen molar-refractivity contribution >= 4 is 12.3 Å². The van der Waals surface area contributed by atoms with Gasteiger partial charge in [-0.3, -0.25) is 4.79 Å². The fraction of sp³-hybridized carbons (Fsp3) is 0. The molecule has 0 saturated heterocycles. The van der Waals surface area contributed by atoms with Crippen LogP contribution in [0.3, 0.4) is 0 Å². The van der Waals surface area contributed by atoms with Gasteiger partial charge >= 0.3 is 5.97 Å². The van der Waals surface area contributed by atoms with Gasteiger partial charge in [0.2, 0.25) is 0 Å². The number of carboxylic acid groups (broad SMARTS) is 1. The summed E-state index contributed by atoms with van der Waals surface area (Å²) in [7, 11) is 0. The van der Waals surface area contributed by atoms with Crippen LogP contribution in [0.4, 0.5) is 4.39 Å². The summed E-state index contributed by atoms with van der Waals surface area (Å²) in [5.74, 6) is 2.11. The van der Waals surface area contributed by atoms with Crippen LogP contribution in [0, 0.1) is 17.7 Å². The van der Waals surface area contributed by atoms with E-state index in [2.05, 4.69) is 5.92 Å². The smallest absolute Gasteiger partial charge is 0.382 e. The van der Waals surface area contributed by atoms with Crippen LogP contribution in [0.5, 0.6) is 0 Å². The summed E-state index contributed by atoms with van der Waals surface area (Å²) < 4.78 is 12.8. The second-order valence-electron chi connectivity index (χ2n) is 2.45. The molecule has 0 bridgehead atoms. The van der Waals surface area contributed by atoms with Crippen molar-refractivity contribution in [1.29, 1.82) is 0 Å². The van der Waals surface area contributed by atoms with Crippen molar-refractivity contribution in [2.45, 2.75) is 0 Å². The molecule has 0 atom stereocenters. The molecule has 0 spiro atoms. The molecule has 1 rings (SSSR count). The Labute approximate surface area is 79.2 Å². The normalized spacial score (nSPS) is 8.64. The van der Waals surface area contributed by atoms with Crippen LogP contribution in [0.25, 0.3) is 0 Å². The average molecular weight is 192 g/mol.